The number of carbonyl (C=O) groups is 1. The summed E-state index contributed by atoms with van der Waals surface area (Å²) in [4.78, 5) is 15.1. The second-order valence-corrected chi connectivity index (χ2v) is 7.83. The van der Waals surface area contributed by atoms with Crippen LogP contribution in [0, 0.1) is 0 Å². The number of anilines is 1. The second kappa shape index (κ2) is 19.6. The maximum atomic E-state index is 12.6. The number of nitrogens with one attached hydrogen (secondary N) is 2. The molecule has 0 spiro atoms. The summed E-state index contributed by atoms with van der Waals surface area (Å²) < 4.78 is 12.6. The summed E-state index contributed by atoms with van der Waals surface area (Å²) in [6, 6.07) is 4.91. The minimum absolute atomic E-state index is 0.0567. The van der Waals surface area contributed by atoms with Gasteiger partial charge in [0, 0.05) is 16.8 Å². The first-order valence-electron chi connectivity index (χ1n) is 12.4. The molecule has 202 valence electrons. The number of nitrogens with two attached hydrogens (primary N) is 2. The predicted octanol–water partition coefficient (Wildman–Crippen LogP) is 6.14. The van der Waals surface area contributed by atoms with Crippen LogP contribution in [0.5, 0.6) is 0 Å². The van der Waals surface area contributed by atoms with Gasteiger partial charge in [-0.25, -0.2) is 9.37 Å². The molecule has 6 N–H and O–H groups in total. The Labute approximate surface area is 221 Å². The third-order valence-corrected chi connectivity index (χ3v) is 5.01. The number of hydrogen-bond donors (Lipinski definition) is 4. The molecule has 0 amide bonds. The van der Waals surface area contributed by atoms with E-state index in [4.69, 9.17) is 11.5 Å². The molecule has 0 radical (unpaired) electrons. The van der Waals surface area contributed by atoms with Gasteiger partial charge in [-0.15, -0.1) is 0 Å². The van der Waals surface area contributed by atoms with Crippen LogP contribution in [0.4, 0.5) is 10.1 Å². The topological polar surface area (TPSA) is 123 Å². The molecule has 0 saturated heterocycles. The number of halogens is 1. The number of H-pyrrole nitrogens is 1. The molecule has 7 nitrogen and oxygen atoms in total. The number of aromatic nitrogens is 3. The fraction of sp³-hybridized carbons (Fsp3) is 0.345. The van der Waals surface area contributed by atoms with Crippen LogP contribution in [0.25, 0.3) is 11.4 Å². The van der Waals surface area contributed by atoms with E-state index in [-0.39, 0.29) is 5.83 Å². The number of carbonyl (C=O) groups excluding carboxylic acids is 1. The monoisotopic (exact) mass is 510 g/mol. The molecule has 0 fully saturated rings. The molecular weight excluding hydrogens is 467 g/mol. The molecule has 1 aromatic heterocycles. The summed E-state index contributed by atoms with van der Waals surface area (Å²) in [5.74, 6) is 0.570. The van der Waals surface area contributed by atoms with Gasteiger partial charge in [0.1, 0.15) is 12.6 Å². The molecule has 0 aliphatic heterocycles. The third-order valence-electron chi connectivity index (χ3n) is 5.01. The molecule has 0 aliphatic carbocycles. The minimum atomic E-state index is -0.530. The summed E-state index contributed by atoms with van der Waals surface area (Å²) in [7, 11) is 1.91. The number of benzene rings is 1. The number of aldehydes is 1. The number of allylic oxidation sites excluding steroid dienone is 6. The van der Waals surface area contributed by atoms with E-state index in [1.54, 1.807) is 30.4 Å². The Bertz CT molecular complexity index is 1070. The third kappa shape index (κ3) is 12.8. The number of hydrogen-bond acceptors (Lipinski definition) is 6. The molecule has 1 aromatic carbocycles. The molecule has 0 saturated carbocycles. The highest BCUT2D eigenvalue weighted by atomic mass is 19.1. The standard InChI is InChI=1S/C17H19N5O.C10H18FN.C2H6/c1-3-4-12(9-23)7-11(2)16(19)14-8-13(5-6-15(14)18)17-20-10-21-22-17;1-4-10(11)6-5-9(2)7-8-12-3;1-2/h3-10,16H,2,18-19H2,1H3,(H,20,21,22);5-6,12H,4,7-8H2,1-3H3;1-2H3/b4-3-,12-7+;9-5+,10-6+;. The van der Waals surface area contributed by atoms with Gasteiger partial charge in [-0.1, -0.05) is 51.2 Å². The smallest absolute Gasteiger partial charge is 0.155 e. The van der Waals surface area contributed by atoms with Crippen molar-refractivity contribution in [1.82, 2.24) is 20.5 Å². The highest BCUT2D eigenvalue weighted by molar-refractivity contribution is 5.78. The molecule has 1 atom stereocenters. The van der Waals surface area contributed by atoms with Crippen LogP contribution in [-0.2, 0) is 4.79 Å². The molecular formula is C29H43FN6O. The summed E-state index contributed by atoms with van der Waals surface area (Å²) in [6.07, 6.45) is 12.2. The molecule has 1 unspecified atom stereocenters. The van der Waals surface area contributed by atoms with E-state index >= 15 is 0 Å². The Morgan fingerprint density at radius 3 is 2.54 bits per heavy atom. The van der Waals surface area contributed by atoms with Gasteiger partial charge in [-0.2, -0.15) is 5.10 Å². The summed E-state index contributed by atoms with van der Waals surface area (Å²) >= 11 is 0. The van der Waals surface area contributed by atoms with Crippen LogP contribution in [0.15, 0.2) is 84.0 Å². The van der Waals surface area contributed by atoms with E-state index in [1.165, 1.54) is 11.9 Å². The molecule has 8 heteroatoms. The summed E-state index contributed by atoms with van der Waals surface area (Å²) in [5.41, 5.74) is 16.7. The summed E-state index contributed by atoms with van der Waals surface area (Å²) in [5, 5.41) is 9.67. The first-order chi connectivity index (χ1) is 17.8. The van der Waals surface area contributed by atoms with Crippen LogP contribution in [-0.4, -0.2) is 35.1 Å². The molecule has 2 rings (SSSR count). The van der Waals surface area contributed by atoms with Crippen LogP contribution < -0.4 is 16.8 Å². The largest absolute Gasteiger partial charge is 0.398 e. The molecule has 1 heterocycles. The van der Waals surface area contributed by atoms with Crippen molar-refractivity contribution in [2.45, 2.75) is 53.5 Å². The minimum Gasteiger partial charge on any atom is -0.398 e. The van der Waals surface area contributed by atoms with Crippen LogP contribution in [0.2, 0.25) is 0 Å². The average molecular weight is 511 g/mol. The van der Waals surface area contributed by atoms with Gasteiger partial charge in [-0.05, 0) is 81.8 Å². The van der Waals surface area contributed by atoms with Crippen molar-refractivity contribution >= 4 is 12.0 Å². The van der Waals surface area contributed by atoms with Crippen LogP contribution in [0.3, 0.4) is 0 Å². The van der Waals surface area contributed by atoms with Crippen molar-refractivity contribution in [1.29, 1.82) is 0 Å². The van der Waals surface area contributed by atoms with Crippen molar-refractivity contribution in [3.8, 4) is 11.4 Å². The predicted molar refractivity (Wildman–Crippen MR) is 154 cm³/mol. The van der Waals surface area contributed by atoms with Gasteiger partial charge < -0.3 is 16.8 Å². The molecule has 0 bridgehead atoms. The van der Waals surface area contributed by atoms with E-state index in [9.17, 15) is 9.18 Å². The van der Waals surface area contributed by atoms with E-state index in [2.05, 4.69) is 27.1 Å². The normalized spacial score (nSPS) is 12.8. The van der Waals surface area contributed by atoms with Crippen LogP contribution in [0.1, 0.15) is 59.1 Å². The van der Waals surface area contributed by atoms with E-state index in [1.807, 2.05) is 59.9 Å². The van der Waals surface area contributed by atoms with Gasteiger partial charge in [-0.3, -0.25) is 9.89 Å². The Morgan fingerprint density at radius 2 is 2.00 bits per heavy atom. The van der Waals surface area contributed by atoms with Crippen molar-refractivity contribution in [2.75, 3.05) is 19.3 Å². The zero-order valence-electron chi connectivity index (χ0n) is 23.0. The second-order valence-electron chi connectivity index (χ2n) is 7.83. The van der Waals surface area contributed by atoms with Gasteiger partial charge in [0.05, 0.1) is 11.9 Å². The van der Waals surface area contributed by atoms with Crippen molar-refractivity contribution in [3.05, 3.63) is 89.6 Å². The highest BCUT2D eigenvalue weighted by Crippen LogP contribution is 2.28. The number of rotatable bonds is 11. The van der Waals surface area contributed by atoms with E-state index in [0.29, 0.717) is 34.6 Å². The Balaban J connectivity index is 0.000000786. The fourth-order valence-electron chi connectivity index (χ4n) is 2.91. The maximum absolute atomic E-state index is 12.6. The lowest BCUT2D eigenvalue weighted by Gasteiger charge is -2.16. The molecule has 2 aromatic rings. The lowest BCUT2D eigenvalue weighted by molar-refractivity contribution is -0.104. The van der Waals surface area contributed by atoms with Crippen molar-refractivity contribution in [3.63, 3.8) is 0 Å². The SMILES string of the molecule is C=C(/C=C(C=O)\C=C/C)C(N)c1cc(-c2ncn[nH]2)ccc1N.CC.CC/C(F)=C\C=C(/C)CCNC. The number of nitrogen functional groups attached to an aromatic ring is 1. The van der Waals surface area contributed by atoms with Gasteiger partial charge in [0.25, 0.3) is 0 Å². The lowest BCUT2D eigenvalue weighted by atomic mass is 9.95. The fourth-order valence-corrected chi connectivity index (χ4v) is 2.91. The first kappa shape index (κ1) is 33.4. The van der Waals surface area contributed by atoms with Gasteiger partial charge >= 0.3 is 0 Å². The van der Waals surface area contributed by atoms with Crippen molar-refractivity contribution < 1.29 is 9.18 Å². The van der Waals surface area contributed by atoms with Gasteiger partial charge in [0.15, 0.2) is 5.82 Å². The Morgan fingerprint density at radius 1 is 1.30 bits per heavy atom. The number of aromatic amines is 1. The lowest BCUT2D eigenvalue weighted by Crippen LogP contribution is -2.14. The average Bonchev–Trinajstić information content (AvgIpc) is 3.46. The zero-order chi connectivity index (χ0) is 28.2. The number of nitrogens with zero attached hydrogens (tertiary/aromatic N) is 2. The van der Waals surface area contributed by atoms with Gasteiger partial charge in [0.2, 0.25) is 0 Å². The van der Waals surface area contributed by atoms with E-state index < -0.39 is 6.04 Å². The quantitative estimate of drug-likeness (QED) is 0.125. The zero-order valence-corrected chi connectivity index (χ0v) is 23.0. The van der Waals surface area contributed by atoms with Crippen LogP contribution >= 0.6 is 0 Å². The Hall–Kier alpha value is -3.62. The first-order valence-corrected chi connectivity index (χ1v) is 12.4. The molecule has 37 heavy (non-hydrogen) atoms. The van der Waals surface area contributed by atoms with Crippen molar-refractivity contribution in [2.24, 2.45) is 5.73 Å². The maximum Gasteiger partial charge on any atom is 0.155 e. The van der Waals surface area contributed by atoms with E-state index in [0.717, 1.165) is 24.8 Å². The highest BCUT2D eigenvalue weighted by Gasteiger charge is 2.14. The summed E-state index contributed by atoms with van der Waals surface area (Å²) in [6.45, 7) is 14.5. The molecule has 0 aliphatic rings. The Kier molecular flexibility index (Phi) is 17.6.